The van der Waals surface area contributed by atoms with Crippen LogP contribution in [-0.4, -0.2) is 4.57 Å². The molecule has 0 N–H and O–H groups in total. The first-order chi connectivity index (χ1) is 28.7. The number of thiophene rings is 1. The molecule has 0 aliphatic heterocycles. The van der Waals surface area contributed by atoms with E-state index in [2.05, 4.69) is 229 Å². The van der Waals surface area contributed by atoms with E-state index in [-0.39, 0.29) is 0 Å². The van der Waals surface area contributed by atoms with Crippen LogP contribution in [0.2, 0.25) is 0 Å². The average Bonchev–Trinajstić information content (AvgIpc) is 3.84. The van der Waals surface area contributed by atoms with E-state index in [0.29, 0.717) is 0 Å². The van der Waals surface area contributed by atoms with Crippen LogP contribution in [-0.2, 0) is 0 Å². The van der Waals surface area contributed by atoms with Crippen LogP contribution >= 0.6 is 11.3 Å². The van der Waals surface area contributed by atoms with Gasteiger partial charge >= 0.3 is 0 Å². The molecule has 0 bridgehead atoms. The van der Waals surface area contributed by atoms with Gasteiger partial charge in [-0.2, -0.15) is 0 Å². The van der Waals surface area contributed by atoms with Crippen molar-refractivity contribution in [3.05, 3.63) is 235 Å². The second-order valence-electron chi connectivity index (χ2n) is 14.9. The van der Waals surface area contributed by atoms with Gasteiger partial charge in [0.15, 0.2) is 0 Å². The fraction of sp³-hybridized carbons (Fsp3) is 0. The number of para-hydroxylation sites is 2. The molecule has 0 spiro atoms. The van der Waals surface area contributed by atoms with Gasteiger partial charge in [-0.25, -0.2) is 0 Å². The van der Waals surface area contributed by atoms with E-state index >= 15 is 0 Å². The maximum absolute atomic E-state index is 2.40. The first-order valence-corrected chi connectivity index (χ1v) is 20.6. The molecule has 0 atom stereocenters. The number of aromatic nitrogens is 1. The van der Waals surface area contributed by atoms with Gasteiger partial charge in [0.25, 0.3) is 0 Å². The van der Waals surface area contributed by atoms with E-state index in [9.17, 15) is 0 Å². The first kappa shape index (κ1) is 34.0. The Hall–Kier alpha value is -7.26. The van der Waals surface area contributed by atoms with Gasteiger partial charge in [-0.1, -0.05) is 170 Å². The van der Waals surface area contributed by atoms with Crippen LogP contribution in [0.5, 0.6) is 0 Å². The highest BCUT2D eigenvalue weighted by molar-refractivity contribution is 7.25. The van der Waals surface area contributed by atoms with Gasteiger partial charge in [-0.3, -0.25) is 0 Å². The number of hydrogen-bond donors (Lipinski definition) is 0. The van der Waals surface area contributed by atoms with Crippen molar-refractivity contribution in [3.63, 3.8) is 0 Å². The lowest BCUT2D eigenvalue weighted by molar-refractivity contribution is 1.18. The monoisotopic (exact) mass is 755 g/mol. The predicted molar refractivity (Wildman–Crippen MR) is 250 cm³/mol. The van der Waals surface area contributed by atoms with Crippen molar-refractivity contribution in [2.75, 3.05) is 0 Å². The highest BCUT2D eigenvalue weighted by Crippen LogP contribution is 2.41. The summed E-state index contributed by atoms with van der Waals surface area (Å²) in [4.78, 5) is 0. The Morgan fingerprint density at radius 2 is 0.897 bits per heavy atom. The molecule has 58 heavy (non-hydrogen) atoms. The summed E-state index contributed by atoms with van der Waals surface area (Å²) in [6.07, 6.45) is 2.34. The summed E-state index contributed by atoms with van der Waals surface area (Å²) in [5.41, 5.74) is 15.7. The summed E-state index contributed by atoms with van der Waals surface area (Å²) in [6.45, 7) is 0. The van der Waals surface area contributed by atoms with E-state index in [1.54, 1.807) is 0 Å². The topological polar surface area (TPSA) is 4.93 Å². The van der Waals surface area contributed by atoms with Gasteiger partial charge in [0.05, 0.1) is 11.0 Å². The molecule has 0 fully saturated rings. The van der Waals surface area contributed by atoms with Gasteiger partial charge in [0.1, 0.15) is 0 Å². The highest BCUT2D eigenvalue weighted by atomic mass is 32.1. The average molecular weight is 756 g/mol. The summed E-state index contributed by atoms with van der Waals surface area (Å²) in [5.74, 6) is 0. The van der Waals surface area contributed by atoms with Crippen LogP contribution in [0.1, 0.15) is 16.7 Å². The SMILES string of the molecule is C(=C(c1ccc(-c2ccccc2)cc1)c1ccc2sc3cc(-c4ccc5c(c4)c4ccccc4n5-c4ccccc4)ccc3c2c1)c1ccc(-c2ccccc2)cc1. The highest BCUT2D eigenvalue weighted by Gasteiger charge is 2.15. The summed E-state index contributed by atoms with van der Waals surface area (Å²) in [7, 11) is 0. The van der Waals surface area contributed by atoms with Crippen molar-refractivity contribution in [2.45, 2.75) is 0 Å². The van der Waals surface area contributed by atoms with E-state index in [4.69, 9.17) is 0 Å². The Labute approximate surface area is 342 Å². The predicted octanol–water partition coefficient (Wildman–Crippen LogP) is 15.7. The summed E-state index contributed by atoms with van der Waals surface area (Å²) < 4.78 is 4.97. The second-order valence-corrected chi connectivity index (χ2v) is 16.0. The van der Waals surface area contributed by atoms with E-state index < -0.39 is 0 Å². The minimum absolute atomic E-state index is 1.17. The zero-order valence-corrected chi connectivity index (χ0v) is 32.5. The molecule has 11 aromatic rings. The van der Waals surface area contributed by atoms with Crippen molar-refractivity contribution in [2.24, 2.45) is 0 Å². The summed E-state index contributed by atoms with van der Waals surface area (Å²) in [6, 6.07) is 79.5. The number of benzene rings is 9. The van der Waals surface area contributed by atoms with E-state index in [1.807, 2.05) is 11.3 Å². The third-order valence-electron chi connectivity index (χ3n) is 11.4. The van der Waals surface area contributed by atoms with E-state index in [1.165, 1.54) is 103 Å². The Morgan fingerprint density at radius 1 is 0.345 bits per heavy atom. The quantitative estimate of drug-likeness (QED) is 0.143. The van der Waals surface area contributed by atoms with Gasteiger partial charge in [0, 0.05) is 36.6 Å². The Kier molecular flexibility index (Phi) is 8.42. The van der Waals surface area contributed by atoms with Crippen LogP contribution < -0.4 is 0 Å². The third-order valence-corrected chi connectivity index (χ3v) is 12.6. The standard InChI is InChI=1S/C56H37NS/c1-4-12-39(13-5-1)41-22-20-38(21-23-41)34-50(43-26-24-42(25-27-43)40-14-6-2-7-15-40)46-30-33-55-52(36-46)49-31-28-45(37-56(49)58-55)44-29-32-54-51(35-44)48-18-10-11-19-53(48)57(54)47-16-8-3-9-17-47/h1-37H. The number of nitrogens with zero attached hydrogens (tertiary/aromatic N) is 1. The molecule has 0 unspecified atom stereocenters. The second kappa shape index (κ2) is 14.4. The largest absolute Gasteiger partial charge is 0.309 e. The Bertz CT molecular complexity index is 3280. The van der Waals surface area contributed by atoms with Crippen LogP contribution in [0.3, 0.4) is 0 Å². The molecule has 272 valence electrons. The maximum Gasteiger partial charge on any atom is 0.0541 e. The molecule has 2 aromatic heterocycles. The number of hydrogen-bond acceptors (Lipinski definition) is 1. The van der Waals surface area contributed by atoms with Crippen molar-refractivity contribution >= 4 is 65.0 Å². The van der Waals surface area contributed by atoms with Crippen molar-refractivity contribution < 1.29 is 0 Å². The van der Waals surface area contributed by atoms with Gasteiger partial charge in [-0.05, 0) is 110 Å². The summed E-state index contributed by atoms with van der Waals surface area (Å²) in [5, 5.41) is 5.11. The lowest BCUT2D eigenvalue weighted by atomic mass is 9.92. The Morgan fingerprint density at radius 3 is 1.62 bits per heavy atom. The van der Waals surface area contributed by atoms with E-state index in [0.717, 1.165) is 0 Å². The minimum atomic E-state index is 1.17. The zero-order chi connectivity index (χ0) is 38.4. The lowest BCUT2D eigenvalue weighted by Crippen LogP contribution is -1.92. The minimum Gasteiger partial charge on any atom is -0.309 e. The van der Waals surface area contributed by atoms with Crippen molar-refractivity contribution in [1.29, 1.82) is 0 Å². The van der Waals surface area contributed by atoms with Crippen LogP contribution in [0, 0.1) is 0 Å². The molecule has 0 amide bonds. The fourth-order valence-corrected chi connectivity index (χ4v) is 9.63. The fourth-order valence-electron chi connectivity index (χ4n) is 8.51. The molecule has 0 radical (unpaired) electrons. The molecule has 2 heteroatoms. The van der Waals surface area contributed by atoms with Gasteiger partial charge in [0.2, 0.25) is 0 Å². The number of fused-ring (bicyclic) bond motifs is 6. The molecule has 0 saturated heterocycles. The third kappa shape index (κ3) is 6.12. The van der Waals surface area contributed by atoms with Crippen LogP contribution in [0.4, 0.5) is 0 Å². The number of rotatable bonds is 7. The van der Waals surface area contributed by atoms with Gasteiger partial charge < -0.3 is 4.57 Å². The van der Waals surface area contributed by atoms with Gasteiger partial charge in [-0.15, -0.1) is 11.3 Å². The Balaban J connectivity index is 0.992. The normalized spacial score (nSPS) is 11.9. The zero-order valence-electron chi connectivity index (χ0n) is 31.7. The molecule has 0 aliphatic carbocycles. The lowest BCUT2D eigenvalue weighted by Gasteiger charge is -2.12. The molecular formula is C56H37NS. The smallest absolute Gasteiger partial charge is 0.0541 e. The van der Waals surface area contributed by atoms with Crippen molar-refractivity contribution in [1.82, 2.24) is 4.57 Å². The molecule has 11 rings (SSSR count). The molecule has 0 saturated carbocycles. The van der Waals surface area contributed by atoms with Crippen LogP contribution in [0.15, 0.2) is 218 Å². The molecular weight excluding hydrogens is 719 g/mol. The molecule has 1 nitrogen and oxygen atoms in total. The summed E-state index contributed by atoms with van der Waals surface area (Å²) >= 11 is 1.87. The van der Waals surface area contributed by atoms with Crippen molar-refractivity contribution in [3.8, 4) is 39.1 Å². The first-order valence-electron chi connectivity index (χ1n) is 19.8. The van der Waals surface area contributed by atoms with Crippen LogP contribution in [0.25, 0.3) is 92.7 Å². The molecule has 0 aliphatic rings. The maximum atomic E-state index is 2.40. The molecule has 9 aromatic carbocycles. The molecule has 2 heterocycles.